The molecule has 5 heteroatoms. The molecule has 0 radical (unpaired) electrons. The fourth-order valence-electron chi connectivity index (χ4n) is 3.03. The molecule has 2 amide bonds. The van der Waals surface area contributed by atoms with Crippen molar-refractivity contribution < 1.29 is 9.32 Å². The van der Waals surface area contributed by atoms with E-state index in [1.54, 1.807) is 4.90 Å². The van der Waals surface area contributed by atoms with Gasteiger partial charge in [-0.15, -0.1) is 0 Å². The third-order valence-corrected chi connectivity index (χ3v) is 4.25. The van der Waals surface area contributed by atoms with Gasteiger partial charge in [0.15, 0.2) is 5.76 Å². The summed E-state index contributed by atoms with van der Waals surface area (Å²) in [5, 5.41) is 4.20. The molecular formula is C14H21N3O2. The van der Waals surface area contributed by atoms with Gasteiger partial charge in [0, 0.05) is 32.1 Å². The van der Waals surface area contributed by atoms with Gasteiger partial charge in [-0.05, 0) is 12.8 Å². The fourth-order valence-corrected chi connectivity index (χ4v) is 3.03. The van der Waals surface area contributed by atoms with Gasteiger partial charge in [0.05, 0.1) is 12.2 Å². The van der Waals surface area contributed by atoms with Gasteiger partial charge in [-0.25, -0.2) is 4.79 Å². The molecular weight excluding hydrogens is 242 g/mol. The summed E-state index contributed by atoms with van der Waals surface area (Å²) in [6, 6.07) is 2.12. The largest absolute Gasteiger partial charge is 0.359 e. The van der Waals surface area contributed by atoms with E-state index in [1.165, 1.54) is 32.1 Å². The molecule has 0 bridgehead atoms. The summed E-state index contributed by atoms with van der Waals surface area (Å²) in [7, 11) is 1.83. The van der Waals surface area contributed by atoms with Crippen LogP contribution in [0.25, 0.3) is 0 Å². The highest BCUT2D eigenvalue weighted by molar-refractivity contribution is 5.76. The lowest BCUT2D eigenvalue weighted by molar-refractivity contribution is 0.192. The second kappa shape index (κ2) is 5.23. The van der Waals surface area contributed by atoms with Crippen LogP contribution < -0.4 is 0 Å². The zero-order valence-electron chi connectivity index (χ0n) is 11.5. The van der Waals surface area contributed by atoms with E-state index in [9.17, 15) is 4.79 Å². The van der Waals surface area contributed by atoms with Crippen LogP contribution in [0.3, 0.4) is 0 Å². The van der Waals surface area contributed by atoms with Gasteiger partial charge in [-0.2, -0.15) is 0 Å². The maximum absolute atomic E-state index is 11.8. The van der Waals surface area contributed by atoms with Crippen LogP contribution in [0, 0.1) is 0 Å². The fraction of sp³-hybridized carbons (Fsp3) is 0.714. The number of urea groups is 1. The van der Waals surface area contributed by atoms with Crippen molar-refractivity contribution >= 4 is 6.03 Å². The lowest BCUT2D eigenvalue weighted by Gasteiger charge is -2.18. The van der Waals surface area contributed by atoms with Gasteiger partial charge < -0.3 is 14.3 Å². The quantitative estimate of drug-likeness (QED) is 0.842. The Morgan fingerprint density at radius 1 is 1.32 bits per heavy atom. The lowest BCUT2D eigenvalue weighted by atomic mass is 9.87. The Balaban J connectivity index is 1.63. The van der Waals surface area contributed by atoms with Gasteiger partial charge in [-0.1, -0.05) is 24.4 Å². The van der Waals surface area contributed by atoms with Gasteiger partial charge in [-0.3, -0.25) is 0 Å². The Labute approximate surface area is 113 Å². The number of aromatic nitrogens is 1. The van der Waals surface area contributed by atoms with Gasteiger partial charge in [0.25, 0.3) is 0 Å². The van der Waals surface area contributed by atoms with Crippen LogP contribution in [-0.2, 0) is 6.54 Å². The number of likely N-dealkylation sites (N-methyl/N-ethyl adjacent to an activating group) is 1. The molecule has 5 nitrogen and oxygen atoms in total. The Bertz CT molecular complexity index is 451. The first-order chi connectivity index (χ1) is 9.24. The van der Waals surface area contributed by atoms with E-state index in [-0.39, 0.29) is 6.03 Å². The lowest BCUT2D eigenvalue weighted by Crippen LogP contribution is -2.28. The molecule has 2 heterocycles. The normalized spacial score (nSPS) is 21.4. The zero-order valence-corrected chi connectivity index (χ0v) is 11.5. The predicted octanol–water partition coefficient (Wildman–Crippen LogP) is 2.59. The average molecular weight is 263 g/mol. The molecule has 0 spiro atoms. The van der Waals surface area contributed by atoms with Crippen LogP contribution in [0.4, 0.5) is 4.79 Å². The first-order valence-corrected chi connectivity index (χ1v) is 7.19. The number of rotatable bonds is 3. The molecule has 1 aromatic heterocycles. The first kappa shape index (κ1) is 12.5. The number of hydrogen-bond acceptors (Lipinski definition) is 3. The van der Waals surface area contributed by atoms with E-state index in [1.807, 2.05) is 18.0 Å². The molecule has 3 rings (SSSR count). The summed E-state index contributed by atoms with van der Waals surface area (Å²) in [5.74, 6) is 1.37. The second-order valence-corrected chi connectivity index (χ2v) is 5.68. The van der Waals surface area contributed by atoms with E-state index in [0.29, 0.717) is 12.5 Å². The third-order valence-electron chi connectivity index (χ3n) is 4.25. The van der Waals surface area contributed by atoms with Crippen LogP contribution in [-0.4, -0.2) is 41.1 Å². The van der Waals surface area contributed by atoms with Crippen LogP contribution in [0.15, 0.2) is 10.6 Å². The predicted molar refractivity (Wildman–Crippen MR) is 70.8 cm³/mol. The molecule has 1 aromatic rings. The Hall–Kier alpha value is -1.52. The van der Waals surface area contributed by atoms with Gasteiger partial charge >= 0.3 is 6.03 Å². The highest BCUT2D eigenvalue weighted by atomic mass is 16.5. The Morgan fingerprint density at radius 3 is 2.79 bits per heavy atom. The SMILES string of the molecule is CN1CCN(Cc2cc(C3CCCCC3)no2)C1=O. The van der Waals surface area contributed by atoms with Crippen LogP contribution >= 0.6 is 0 Å². The summed E-state index contributed by atoms with van der Waals surface area (Å²) >= 11 is 0. The summed E-state index contributed by atoms with van der Waals surface area (Å²) in [6.07, 6.45) is 6.37. The van der Waals surface area contributed by atoms with E-state index < -0.39 is 0 Å². The van der Waals surface area contributed by atoms with Gasteiger partial charge in [0.1, 0.15) is 0 Å². The first-order valence-electron chi connectivity index (χ1n) is 7.19. The molecule has 1 aliphatic carbocycles. The van der Waals surface area contributed by atoms with Crippen molar-refractivity contribution in [3.63, 3.8) is 0 Å². The molecule has 19 heavy (non-hydrogen) atoms. The van der Waals surface area contributed by atoms with Crippen molar-refractivity contribution in [1.82, 2.24) is 15.0 Å². The van der Waals surface area contributed by atoms with Crippen molar-refractivity contribution in [3.05, 3.63) is 17.5 Å². The van der Waals surface area contributed by atoms with Crippen molar-refractivity contribution in [2.45, 2.75) is 44.6 Å². The topological polar surface area (TPSA) is 49.6 Å². The maximum atomic E-state index is 11.8. The molecule has 0 atom stereocenters. The van der Waals surface area contributed by atoms with Crippen LogP contribution in [0.1, 0.15) is 49.5 Å². The van der Waals surface area contributed by atoms with E-state index in [4.69, 9.17) is 4.52 Å². The standard InChI is InChI=1S/C14H21N3O2/c1-16-7-8-17(14(16)18)10-12-9-13(15-19-12)11-5-3-2-4-6-11/h9,11H,2-8,10H2,1H3. The van der Waals surface area contributed by atoms with Crippen LogP contribution in [0.5, 0.6) is 0 Å². The molecule has 0 N–H and O–H groups in total. The summed E-state index contributed by atoms with van der Waals surface area (Å²) in [6.45, 7) is 2.11. The summed E-state index contributed by atoms with van der Waals surface area (Å²) < 4.78 is 5.40. The minimum absolute atomic E-state index is 0.0793. The Kier molecular flexibility index (Phi) is 3.44. The van der Waals surface area contributed by atoms with Crippen LogP contribution in [0.2, 0.25) is 0 Å². The molecule has 0 unspecified atom stereocenters. The Morgan fingerprint density at radius 2 is 2.11 bits per heavy atom. The molecule has 2 fully saturated rings. The monoisotopic (exact) mass is 263 g/mol. The van der Waals surface area contributed by atoms with Crippen molar-refractivity contribution in [2.75, 3.05) is 20.1 Å². The number of amides is 2. The highest BCUT2D eigenvalue weighted by Gasteiger charge is 2.27. The average Bonchev–Trinajstić information content (AvgIpc) is 3.02. The third kappa shape index (κ3) is 2.60. The molecule has 0 aromatic carbocycles. The number of carbonyl (C=O) groups is 1. The number of nitrogens with zero attached hydrogens (tertiary/aromatic N) is 3. The molecule has 1 saturated carbocycles. The molecule has 1 saturated heterocycles. The van der Waals surface area contributed by atoms with Crippen molar-refractivity contribution in [2.24, 2.45) is 0 Å². The second-order valence-electron chi connectivity index (χ2n) is 5.68. The van der Waals surface area contributed by atoms with E-state index in [2.05, 4.69) is 5.16 Å². The summed E-state index contributed by atoms with van der Waals surface area (Å²) in [4.78, 5) is 15.4. The molecule has 2 aliphatic rings. The zero-order chi connectivity index (χ0) is 13.2. The minimum Gasteiger partial charge on any atom is -0.359 e. The summed E-state index contributed by atoms with van der Waals surface area (Å²) in [5.41, 5.74) is 1.08. The highest BCUT2D eigenvalue weighted by Crippen LogP contribution is 2.32. The van der Waals surface area contributed by atoms with E-state index >= 15 is 0 Å². The maximum Gasteiger partial charge on any atom is 0.320 e. The van der Waals surface area contributed by atoms with Crippen molar-refractivity contribution in [3.8, 4) is 0 Å². The minimum atomic E-state index is 0.0793. The number of carbonyl (C=O) groups excluding carboxylic acids is 1. The molecule has 1 aliphatic heterocycles. The van der Waals surface area contributed by atoms with Gasteiger partial charge in [0.2, 0.25) is 0 Å². The number of hydrogen-bond donors (Lipinski definition) is 0. The molecule has 104 valence electrons. The smallest absolute Gasteiger partial charge is 0.320 e. The van der Waals surface area contributed by atoms with Crippen molar-refractivity contribution in [1.29, 1.82) is 0 Å². The van der Waals surface area contributed by atoms with E-state index in [0.717, 1.165) is 24.5 Å².